The molecule has 0 unspecified atom stereocenters. The lowest BCUT2D eigenvalue weighted by Crippen LogP contribution is -2.24. The van der Waals surface area contributed by atoms with Crippen LogP contribution >= 0.6 is 0 Å². The van der Waals surface area contributed by atoms with Gasteiger partial charge in [0.15, 0.2) is 0 Å². The largest absolute Gasteiger partial charge is 0.319 e. The average molecular weight is 415 g/mol. The van der Waals surface area contributed by atoms with Crippen LogP contribution in [0.2, 0.25) is 0 Å². The van der Waals surface area contributed by atoms with Crippen molar-refractivity contribution in [1.29, 1.82) is 0 Å². The van der Waals surface area contributed by atoms with Crippen LogP contribution in [-0.4, -0.2) is 20.4 Å². The van der Waals surface area contributed by atoms with E-state index in [-0.39, 0.29) is 11.4 Å². The van der Waals surface area contributed by atoms with Crippen molar-refractivity contribution < 1.29 is 4.79 Å². The van der Waals surface area contributed by atoms with Crippen LogP contribution in [0.25, 0.3) is 0 Å². The van der Waals surface area contributed by atoms with E-state index in [0.29, 0.717) is 18.2 Å². The Morgan fingerprint density at radius 3 is 2.42 bits per heavy atom. The van der Waals surface area contributed by atoms with Crippen LogP contribution < -0.4 is 10.9 Å². The van der Waals surface area contributed by atoms with Crippen LogP contribution in [0.4, 0.5) is 5.69 Å². The van der Waals surface area contributed by atoms with Gasteiger partial charge in [-0.15, -0.1) is 0 Å². The molecule has 0 saturated heterocycles. The minimum Gasteiger partial charge on any atom is -0.319 e. The van der Waals surface area contributed by atoms with Crippen LogP contribution in [0.1, 0.15) is 54.1 Å². The van der Waals surface area contributed by atoms with E-state index in [1.165, 1.54) is 31.3 Å². The highest BCUT2D eigenvalue weighted by Gasteiger charge is 2.17. The summed E-state index contributed by atoms with van der Waals surface area (Å²) in [6, 6.07) is 12.8. The van der Waals surface area contributed by atoms with Gasteiger partial charge in [0.2, 0.25) is 5.82 Å². The molecule has 1 N–H and O–H groups in total. The van der Waals surface area contributed by atoms with Crippen LogP contribution in [0.15, 0.2) is 59.7 Å². The number of nitrogens with zero attached hydrogens (tertiary/aromatic N) is 3. The maximum Gasteiger partial charge on any atom is 0.293 e. The maximum atomic E-state index is 12.6. The highest BCUT2D eigenvalue weighted by molar-refractivity contribution is 6.01. The molecule has 0 radical (unpaired) electrons. The van der Waals surface area contributed by atoms with Crippen molar-refractivity contribution in [3.8, 4) is 11.8 Å². The second kappa shape index (κ2) is 10.4. The number of amides is 1. The van der Waals surface area contributed by atoms with E-state index in [1.807, 2.05) is 45.0 Å². The highest BCUT2D eigenvalue weighted by atomic mass is 16.2. The number of aryl methyl sites for hydroxylation is 1. The molecule has 1 saturated carbocycles. The first-order chi connectivity index (χ1) is 15.1. The topological polar surface area (TPSA) is 76.9 Å². The van der Waals surface area contributed by atoms with E-state index >= 15 is 0 Å². The summed E-state index contributed by atoms with van der Waals surface area (Å²) >= 11 is 0. The molecule has 1 aliphatic rings. The molecule has 158 valence electrons. The van der Waals surface area contributed by atoms with E-state index in [9.17, 15) is 9.59 Å². The maximum absolute atomic E-state index is 12.6. The number of benzene rings is 1. The number of aromatic nitrogens is 3. The molecule has 3 aromatic rings. The standard InChI is InChI=1S/C23H20N4O2.C2H6/c1-16-13-20(26-23(29)22-24-11-2-12-25-22)14-21(28)27(16)15-19-9-7-18(8-10-19)6-5-17-3-4-17;1-2/h2,7-14,17H,3-4,15H2,1H3,(H,26,29);1-2H3. The van der Waals surface area contributed by atoms with Crippen molar-refractivity contribution in [2.45, 2.75) is 40.2 Å². The van der Waals surface area contributed by atoms with Crippen molar-refractivity contribution >= 4 is 11.6 Å². The SMILES string of the molecule is CC.Cc1cc(NC(=O)c2ncccn2)cc(=O)n1Cc1ccc(C#CC2CC2)cc1. The Morgan fingerprint density at radius 1 is 1.13 bits per heavy atom. The van der Waals surface area contributed by atoms with Crippen molar-refractivity contribution in [2.75, 3.05) is 5.32 Å². The van der Waals surface area contributed by atoms with Crippen LogP contribution in [0, 0.1) is 24.7 Å². The van der Waals surface area contributed by atoms with Crippen LogP contribution in [0.5, 0.6) is 0 Å². The molecular formula is C25H26N4O2. The Labute approximate surface area is 182 Å². The number of nitrogens with one attached hydrogen (secondary N) is 1. The Kier molecular flexibility index (Phi) is 7.34. The fourth-order valence-electron chi connectivity index (χ4n) is 2.90. The molecule has 6 heteroatoms. The predicted molar refractivity (Wildman–Crippen MR) is 122 cm³/mol. The Balaban J connectivity index is 0.00000132. The van der Waals surface area contributed by atoms with E-state index in [2.05, 4.69) is 27.1 Å². The van der Waals surface area contributed by atoms with Crippen molar-refractivity contribution in [2.24, 2.45) is 5.92 Å². The van der Waals surface area contributed by atoms with Gasteiger partial charge in [-0.1, -0.05) is 37.8 Å². The zero-order chi connectivity index (χ0) is 22.2. The van der Waals surface area contributed by atoms with Gasteiger partial charge in [0.05, 0.1) is 6.54 Å². The molecule has 1 aliphatic carbocycles. The van der Waals surface area contributed by atoms with E-state index < -0.39 is 5.91 Å². The molecule has 2 heterocycles. The molecule has 1 fully saturated rings. The third kappa shape index (κ3) is 6.13. The molecule has 4 rings (SSSR count). The number of rotatable bonds is 4. The second-order valence-electron chi connectivity index (χ2n) is 7.08. The first-order valence-electron chi connectivity index (χ1n) is 10.5. The first kappa shape index (κ1) is 22.0. The monoisotopic (exact) mass is 414 g/mol. The molecule has 0 aliphatic heterocycles. The quantitative estimate of drug-likeness (QED) is 0.654. The van der Waals surface area contributed by atoms with E-state index in [1.54, 1.807) is 16.7 Å². The Morgan fingerprint density at radius 2 is 1.81 bits per heavy atom. The minimum atomic E-state index is -0.454. The molecule has 0 bridgehead atoms. The summed E-state index contributed by atoms with van der Waals surface area (Å²) in [5.41, 5.74) is 2.99. The van der Waals surface area contributed by atoms with Crippen LogP contribution in [-0.2, 0) is 6.54 Å². The van der Waals surface area contributed by atoms with Crippen LogP contribution in [0.3, 0.4) is 0 Å². The Bertz CT molecular complexity index is 1150. The molecule has 1 aromatic carbocycles. The summed E-state index contributed by atoms with van der Waals surface area (Å²) < 4.78 is 1.67. The van der Waals surface area contributed by atoms with E-state index in [0.717, 1.165) is 16.8 Å². The third-order valence-electron chi connectivity index (χ3n) is 4.65. The number of hydrogen-bond donors (Lipinski definition) is 1. The van der Waals surface area contributed by atoms with Crippen molar-refractivity contribution in [3.63, 3.8) is 0 Å². The number of anilines is 1. The van der Waals surface area contributed by atoms with E-state index in [4.69, 9.17) is 0 Å². The van der Waals surface area contributed by atoms with Gasteiger partial charge < -0.3 is 9.88 Å². The summed E-state index contributed by atoms with van der Waals surface area (Å²) in [6.07, 6.45) is 5.41. The van der Waals surface area contributed by atoms with Gasteiger partial charge >= 0.3 is 0 Å². The van der Waals surface area contributed by atoms with Gasteiger partial charge in [0.25, 0.3) is 11.5 Å². The molecule has 2 aromatic heterocycles. The number of carbonyl (C=O) groups is 1. The van der Waals surface area contributed by atoms with Crippen molar-refractivity contribution in [1.82, 2.24) is 14.5 Å². The van der Waals surface area contributed by atoms with Gasteiger partial charge in [0.1, 0.15) is 0 Å². The molecule has 0 atom stereocenters. The smallest absolute Gasteiger partial charge is 0.293 e. The molecule has 31 heavy (non-hydrogen) atoms. The third-order valence-corrected chi connectivity index (χ3v) is 4.65. The lowest BCUT2D eigenvalue weighted by Gasteiger charge is -2.12. The molecular weight excluding hydrogens is 388 g/mol. The molecule has 1 amide bonds. The van der Waals surface area contributed by atoms with Gasteiger partial charge in [-0.05, 0) is 49.6 Å². The summed E-state index contributed by atoms with van der Waals surface area (Å²) in [5.74, 6) is 6.61. The summed E-state index contributed by atoms with van der Waals surface area (Å²) in [4.78, 5) is 32.6. The van der Waals surface area contributed by atoms with Gasteiger partial charge in [-0.2, -0.15) is 0 Å². The van der Waals surface area contributed by atoms with Gasteiger partial charge in [-0.3, -0.25) is 9.59 Å². The summed E-state index contributed by atoms with van der Waals surface area (Å²) in [5, 5.41) is 2.67. The zero-order valence-electron chi connectivity index (χ0n) is 18.1. The second-order valence-corrected chi connectivity index (χ2v) is 7.08. The van der Waals surface area contributed by atoms with Crippen molar-refractivity contribution in [3.05, 3.63) is 87.9 Å². The summed E-state index contributed by atoms with van der Waals surface area (Å²) in [7, 11) is 0. The van der Waals surface area contributed by atoms with Gasteiger partial charge in [0, 0.05) is 41.3 Å². The average Bonchev–Trinajstić information content (AvgIpc) is 3.62. The normalized spacial score (nSPS) is 12.1. The first-order valence-corrected chi connectivity index (χ1v) is 10.5. The zero-order valence-corrected chi connectivity index (χ0v) is 18.1. The fourth-order valence-corrected chi connectivity index (χ4v) is 2.90. The lowest BCUT2D eigenvalue weighted by molar-refractivity contribution is 0.101. The highest BCUT2D eigenvalue weighted by Crippen LogP contribution is 2.27. The van der Waals surface area contributed by atoms with Gasteiger partial charge in [-0.25, -0.2) is 9.97 Å². The lowest BCUT2D eigenvalue weighted by atomic mass is 10.1. The Hall–Kier alpha value is -3.72. The number of hydrogen-bond acceptors (Lipinski definition) is 4. The molecule has 6 nitrogen and oxygen atoms in total. The predicted octanol–water partition coefficient (Wildman–Crippen LogP) is 4.04. The molecule has 0 spiro atoms. The minimum absolute atomic E-state index is 0.0548. The number of pyridine rings is 1. The fraction of sp³-hybridized carbons (Fsp3) is 0.280. The summed E-state index contributed by atoms with van der Waals surface area (Å²) in [6.45, 7) is 6.29. The number of carbonyl (C=O) groups excluding carboxylic acids is 1.